The third kappa shape index (κ3) is 4.30. The van der Waals surface area contributed by atoms with E-state index < -0.39 is 5.91 Å². The third-order valence-electron chi connectivity index (χ3n) is 5.13. The van der Waals surface area contributed by atoms with Gasteiger partial charge in [0.05, 0.1) is 17.1 Å². The summed E-state index contributed by atoms with van der Waals surface area (Å²) in [6.45, 7) is 2.21. The first-order chi connectivity index (χ1) is 16.5. The molecule has 3 aromatic heterocycles. The highest BCUT2D eigenvalue weighted by molar-refractivity contribution is 7.14. The summed E-state index contributed by atoms with van der Waals surface area (Å²) in [4.78, 5) is 45.9. The van der Waals surface area contributed by atoms with E-state index in [1.807, 2.05) is 12.1 Å². The van der Waals surface area contributed by atoms with Crippen LogP contribution in [0.2, 0.25) is 0 Å². The molecule has 0 saturated carbocycles. The van der Waals surface area contributed by atoms with Crippen molar-refractivity contribution in [2.75, 3.05) is 17.2 Å². The van der Waals surface area contributed by atoms with Crippen molar-refractivity contribution in [1.29, 1.82) is 0 Å². The van der Waals surface area contributed by atoms with Crippen molar-refractivity contribution >= 4 is 51.5 Å². The molecule has 34 heavy (non-hydrogen) atoms. The fourth-order valence-electron chi connectivity index (χ4n) is 3.47. The number of benzene rings is 1. The fraction of sp³-hybridized carbons (Fsp3) is 0.182. The van der Waals surface area contributed by atoms with E-state index in [1.54, 1.807) is 18.2 Å². The average Bonchev–Trinajstić information content (AvgIpc) is 3.48. The molecule has 4 aromatic rings. The van der Waals surface area contributed by atoms with Gasteiger partial charge in [-0.3, -0.25) is 19.5 Å². The monoisotopic (exact) mass is 477 g/mol. The van der Waals surface area contributed by atoms with Gasteiger partial charge >= 0.3 is 0 Å². The summed E-state index contributed by atoms with van der Waals surface area (Å²) in [5.41, 5.74) is 2.41. The number of amides is 2. The number of aromatic nitrogens is 4. The van der Waals surface area contributed by atoms with Crippen molar-refractivity contribution in [3.05, 3.63) is 57.7 Å². The Morgan fingerprint density at radius 1 is 1.18 bits per heavy atom. The minimum atomic E-state index is -0.398. The van der Waals surface area contributed by atoms with Gasteiger partial charge in [0, 0.05) is 11.4 Å². The lowest BCUT2D eigenvalue weighted by atomic mass is 10.1. The zero-order valence-electron chi connectivity index (χ0n) is 18.0. The number of carbonyl (C=O) groups excluding carboxylic acids is 3. The second-order valence-electron chi connectivity index (χ2n) is 7.54. The predicted molar refractivity (Wildman–Crippen MR) is 125 cm³/mol. The van der Waals surface area contributed by atoms with E-state index in [9.17, 15) is 14.4 Å². The lowest BCUT2D eigenvalue weighted by Gasteiger charge is -2.18. The van der Waals surface area contributed by atoms with Crippen molar-refractivity contribution in [2.45, 2.75) is 20.0 Å². The van der Waals surface area contributed by atoms with Crippen LogP contribution in [0.25, 0.3) is 11.0 Å². The van der Waals surface area contributed by atoms with Crippen LogP contribution in [0.1, 0.15) is 37.5 Å². The maximum atomic E-state index is 12.8. The van der Waals surface area contributed by atoms with E-state index in [0.29, 0.717) is 39.7 Å². The second-order valence-corrected chi connectivity index (χ2v) is 8.71. The minimum absolute atomic E-state index is 0.0133. The molecule has 0 saturated heterocycles. The number of H-pyrrole nitrogens is 1. The number of anilines is 2. The lowest BCUT2D eigenvalue weighted by Crippen LogP contribution is -2.26. The number of ketones is 1. The highest BCUT2D eigenvalue weighted by atomic mass is 32.1. The van der Waals surface area contributed by atoms with Crippen LogP contribution in [0.15, 0.2) is 36.7 Å². The molecule has 5 rings (SSSR count). The Kier molecular flexibility index (Phi) is 5.64. The molecule has 0 bridgehead atoms. The fourth-order valence-corrected chi connectivity index (χ4v) is 4.31. The van der Waals surface area contributed by atoms with Crippen LogP contribution in [0.5, 0.6) is 5.75 Å². The van der Waals surface area contributed by atoms with Gasteiger partial charge in [-0.05, 0) is 36.8 Å². The summed E-state index contributed by atoms with van der Waals surface area (Å²) in [5, 5.41) is 15.8. The highest BCUT2D eigenvalue weighted by Crippen LogP contribution is 2.28. The SMILES string of the molecule is CC(=O)c1ccc(CNc2n[nH]c3c(C(=O)NCc4ccc5c(c4)NC(=O)CO5)ncnc23)s1. The first kappa shape index (κ1) is 21.5. The minimum Gasteiger partial charge on any atom is -0.482 e. The molecule has 0 fully saturated rings. The molecule has 11 nitrogen and oxygen atoms in total. The van der Waals surface area contributed by atoms with Crippen LogP contribution in [-0.4, -0.2) is 44.4 Å². The standard InChI is InChI=1S/C22H19N7O4S/c1-11(30)16-5-3-13(34-16)8-23-21-19-18(28-29-21)20(26-10-25-19)22(32)24-7-12-2-4-15-14(6-12)27-17(31)9-33-15/h2-6,10H,7-9H2,1H3,(H,24,32)(H,27,31)(H2,23,28,29). The van der Waals surface area contributed by atoms with Gasteiger partial charge in [0.1, 0.15) is 23.1 Å². The second kappa shape index (κ2) is 8.90. The number of Topliss-reactive ketones (excluding diaryl/α,β-unsaturated/α-hetero) is 1. The summed E-state index contributed by atoms with van der Waals surface area (Å²) in [6, 6.07) is 8.99. The first-order valence-corrected chi connectivity index (χ1v) is 11.2. The maximum Gasteiger partial charge on any atom is 0.272 e. The Balaban J connectivity index is 1.28. The number of fused-ring (bicyclic) bond motifs is 2. The summed E-state index contributed by atoms with van der Waals surface area (Å²) in [6.07, 6.45) is 1.31. The van der Waals surface area contributed by atoms with Gasteiger partial charge in [-0.25, -0.2) is 9.97 Å². The number of hydrogen-bond acceptors (Lipinski definition) is 9. The number of hydrogen-bond donors (Lipinski definition) is 4. The van der Waals surface area contributed by atoms with Gasteiger partial charge in [-0.2, -0.15) is 5.10 Å². The van der Waals surface area contributed by atoms with E-state index in [0.717, 1.165) is 10.4 Å². The van der Waals surface area contributed by atoms with E-state index >= 15 is 0 Å². The lowest BCUT2D eigenvalue weighted by molar-refractivity contribution is -0.118. The summed E-state index contributed by atoms with van der Waals surface area (Å²) in [7, 11) is 0. The summed E-state index contributed by atoms with van der Waals surface area (Å²) >= 11 is 1.41. The van der Waals surface area contributed by atoms with Gasteiger partial charge in [0.25, 0.3) is 11.8 Å². The van der Waals surface area contributed by atoms with Gasteiger partial charge in [0.15, 0.2) is 23.9 Å². The number of nitrogens with zero attached hydrogens (tertiary/aromatic N) is 3. The van der Waals surface area contributed by atoms with Gasteiger partial charge < -0.3 is 20.7 Å². The number of nitrogens with one attached hydrogen (secondary N) is 4. The molecular formula is C22H19N7O4S. The smallest absolute Gasteiger partial charge is 0.272 e. The molecule has 4 N–H and O–H groups in total. The Bertz CT molecular complexity index is 1430. The molecule has 0 spiro atoms. The molecule has 0 radical (unpaired) electrons. The Hall–Kier alpha value is -4.32. The van der Waals surface area contributed by atoms with E-state index in [4.69, 9.17) is 4.74 Å². The zero-order valence-corrected chi connectivity index (χ0v) is 18.8. The van der Waals surface area contributed by atoms with E-state index in [2.05, 4.69) is 36.1 Å². The van der Waals surface area contributed by atoms with Crippen LogP contribution in [0.4, 0.5) is 11.5 Å². The van der Waals surface area contributed by atoms with Crippen LogP contribution >= 0.6 is 11.3 Å². The number of aromatic amines is 1. The van der Waals surface area contributed by atoms with Gasteiger partial charge in [-0.15, -0.1) is 11.3 Å². The van der Waals surface area contributed by atoms with Crippen LogP contribution in [0.3, 0.4) is 0 Å². The van der Waals surface area contributed by atoms with Crippen molar-refractivity contribution in [3.63, 3.8) is 0 Å². The third-order valence-corrected chi connectivity index (χ3v) is 6.32. The topological polar surface area (TPSA) is 151 Å². The Morgan fingerprint density at radius 2 is 2.06 bits per heavy atom. The number of carbonyl (C=O) groups is 3. The molecule has 0 atom stereocenters. The van der Waals surface area contributed by atoms with Gasteiger partial charge in [-0.1, -0.05) is 6.07 Å². The summed E-state index contributed by atoms with van der Waals surface area (Å²) in [5.74, 6) is 0.474. The van der Waals surface area contributed by atoms with Crippen molar-refractivity contribution in [1.82, 2.24) is 25.5 Å². The maximum absolute atomic E-state index is 12.8. The molecule has 172 valence electrons. The molecule has 1 aromatic carbocycles. The zero-order chi connectivity index (χ0) is 23.7. The van der Waals surface area contributed by atoms with E-state index in [-0.39, 0.29) is 30.5 Å². The molecule has 2 amide bonds. The molecule has 12 heteroatoms. The van der Waals surface area contributed by atoms with Crippen LogP contribution in [-0.2, 0) is 17.9 Å². The molecule has 0 aliphatic carbocycles. The van der Waals surface area contributed by atoms with Crippen LogP contribution in [0, 0.1) is 0 Å². The van der Waals surface area contributed by atoms with Crippen LogP contribution < -0.4 is 20.7 Å². The molecule has 1 aliphatic rings. The van der Waals surface area contributed by atoms with E-state index in [1.165, 1.54) is 24.6 Å². The predicted octanol–water partition coefficient (Wildman–Crippen LogP) is 2.49. The summed E-state index contributed by atoms with van der Waals surface area (Å²) < 4.78 is 5.35. The Labute approximate surface area is 197 Å². The average molecular weight is 478 g/mol. The molecule has 0 unspecified atom stereocenters. The number of ether oxygens (including phenoxy) is 1. The van der Waals surface area contributed by atoms with Crippen molar-refractivity contribution < 1.29 is 19.1 Å². The number of thiophene rings is 1. The van der Waals surface area contributed by atoms with Crippen molar-refractivity contribution in [2.24, 2.45) is 0 Å². The molecular weight excluding hydrogens is 458 g/mol. The largest absolute Gasteiger partial charge is 0.482 e. The highest BCUT2D eigenvalue weighted by Gasteiger charge is 2.19. The number of rotatable bonds is 7. The Morgan fingerprint density at radius 3 is 2.88 bits per heavy atom. The molecule has 1 aliphatic heterocycles. The molecule has 4 heterocycles. The van der Waals surface area contributed by atoms with Crippen molar-refractivity contribution in [3.8, 4) is 5.75 Å². The first-order valence-electron chi connectivity index (χ1n) is 10.3. The normalized spacial score (nSPS) is 12.6. The quantitative estimate of drug-likeness (QED) is 0.296. The van der Waals surface area contributed by atoms with Gasteiger partial charge in [0.2, 0.25) is 0 Å².